The number of aliphatic hydroxyl groups excluding tert-OH is 3. The summed E-state index contributed by atoms with van der Waals surface area (Å²) in [6.45, 7) is 17.5. The quantitative estimate of drug-likeness (QED) is 0.478. The highest BCUT2D eigenvalue weighted by molar-refractivity contribution is 5.36. The van der Waals surface area contributed by atoms with Gasteiger partial charge in [0.05, 0.1) is 18.3 Å². The highest BCUT2D eigenvalue weighted by Crippen LogP contribution is 2.90. The van der Waals surface area contributed by atoms with Crippen LogP contribution in [0.25, 0.3) is 0 Å². The molecule has 5 nitrogen and oxygen atoms in total. The van der Waals surface area contributed by atoms with E-state index >= 15 is 0 Å². The van der Waals surface area contributed by atoms with Crippen molar-refractivity contribution in [3.05, 3.63) is 12.2 Å². The molecule has 2 aliphatic heterocycles. The first-order chi connectivity index (χ1) is 16.2. The highest BCUT2D eigenvalue weighted by atomic mass is 16.8. The van der Waals surface area contributed by atoms with E-state index in [0.29, 0.717) is 11.8 Å². The van der Waals surface area contributed by atoms with Gasteiger partial charge in [0.2, 0.25) is 0 Å². The Balaban J connectivity index is 1.36. The lowest BCUT2D eigenvalue weighted by Crippen LogP contribution is -2.64. The van der Waals surface area contributed by atoms with Crippen LogP contribution in [-0.4, -0.2) is 51.6 Å². The van der Waals surface area contributed by atoms with Gasteiger partial charge in [0.15, 0.2) is 5.79 Å². The molecule has 3 spiro atoms. The molecule has 7 aliphatic rings. The molecule has 14 unspecified atom stereocenters. The molecule has 2 heterocycles. The second-order valence-corrected chi connectivity index (χ2v) is 15.2. The first-order valence-corrected chi connectivity index (χ1v) is 14.3. The van der Waals surface area contributed by atoms with Crippen LogP contribution in [0.15, 0.2) is 12.2 Å². The number of ether oxygens (including phenoxy) is 2. The second-order valence-electron chi connectivity index (χ2n) is 15.2. The maximum absolute atomic E-state index is 12.4. The van der Waals surface area contributed by atoms with Gasteiger partial charge >= 0.3 is 0 Å². The van der Waals surface area contributed by atoms with Crippen molar-refractivity contribution in [3.8, 4) is 0 Å². The van der Waals surface area contributed by atoms with Gasteiger partial charge < -0.3 is 24.8 Å². The lowest BCUT2D eigenvalue weighted by molar-refractivity contribution is -0.277. The molecule has 7 rings (SSSR count). The van der Waals surface area contributed by atoms with Crippen LogP contribution in [0.4, 0.5) is 0 Å². The van der Waals surface area contributed by atoms with Gasteiger partial charge in [-0.05, 0) is 91.4 Å². The first kappa shape index (κ1) is 23.6. The summed E-state index contributed by atoms with van der Waals surface area (Å²) in [5.41, 5.74) is 0.0867. The molecule has 5 aliphatic carbocycles. The maximum atomic E-state index is 12.4. The topological polar surface area (TPSA) is 79.2 Å². The van der Waals surface area contributed by atoms with E-state index in [9.17, 15) is 15.3 Å². The smallest absolute Gasteiger partial charge is 0.199 e. The van der Waals surface area contributed by atoms with Gasteiger partial charge in [0.1, 0.15) is 12.2 Å². The summed E-state index contributed by atoms with van der Waals surface area (Å²) in [7, 11) is 0. The Hall–Kier alpha value is -0.460. The van der Waals surface area contributed by atoms with Crippen molar-refractivity contribution in [2.24, 2.45) is 50.7 Å². The third-order valence-corrected chi connectivity index (χ3v) is 14.0. The normalized spacial score (nSPS) is 65.5. The van der Waals surface area contributed by atoms with Crippen LogP contribution in [0.5, 0.6) is 0 Å². The van der Waals surface area contributed by atoms with Crippen molar-refractivity contribution < 1.29 is 24.8 Å². The first-order valence-electron chi connectivity index (χ1n) is 14.3. The van der Waals surface area contributed by atoms with E-state index in [4.69, 9.17) is 9.47 Å². The number of fused-ring (bicyclic) bond motifs is 4. The standard InChI is InChI=1S/C30H46O5/c1-15(2)22-17-12-16(3)23-27(7)21(32)13-29-14-28(29)11-10-20(31)25(4,5)18(28)8-9-19(29)26(27,6)24(33)30(23,34-17)35-22/h16-24,31-33H,1,8-14H2,2-7H3. The van der Waals surface area contributed by atoms with Crippen molar-refractivity contribution in [1.29, 1.82) is 0 Å². The summed E-state index contributed by atoms with van der Waals surface area (Å²) in [5.74, 6) is -0.0359. The summed E-state index contributed by atoms with van der Waals surface area (Å²) in [4.78, 5) is 0. The minimum Gasteiger partial charge on any atom is -0.393 e. The Bertz CT molecular complexity index is 993. The largest absolute Gasteiger partial charge is 0.393 e. The summed E-state index contributed by atoms with van der Waals surface area (Å²) in [5, 5.41) is 35.5. The summed E-state index contributed by atoms with van der Waals surface area (Å²) < 4.78 is 13.5. The minimum atomic E-state index is -1.07. The number of hydrogen-bond acceptors (Lipinski definition) is 5. The average Bonchev–Trinajstić information content (AvgIpc) is 3.28. The van der Waals surface area contributed by atoms with E-state index in [1.807, 2.05) is 6.92 Å². The lowest BCUT2D eigenvalue weighted by atomic mass is 9.40. The number of hydrogen-bond donors (Lipinski definition) is 3. The molecule has 5 saturated carbocycles. The fraction of sp³-hybridized carbons (Fsp3) is 0.933. The number of aliphatic hydroxyl groups is 3. The fourth-order valence-electron chi connectivity index (χ4n) is 12.5. The fourth-order valence-corrected chi connectivity index (χ4v) is 12.5. The summed E-state index contributed by atoms with van der Waals surface area (Å²) in [6, 6.07) is 0. The molecule has 0 radical (unpaired) electrons. The molecular formula is C30H46O5. The lowest BCUT2D eigenvalue weighted by Gasteiger charge is -2.64. The van der Waals surface area contributed by atoms with Crippen LogP contribution in [0.1, 0.15) is 86.5 Å². The van der Waals surface area contributed by atoms with Gasteiger partial charge in [-0.1, -0.05) is 41.2 Å². The van der Waals surface area contributed by atoms with E-state index < -0.39 is 28.8 Å². The molecule has 0 aromatic rings. The van der Waals surface area contributed by atoms with Crippen LogP contribution < -0.4 is 0 Å². The molecule has 0 amide bonds. The van der Waals surface area contributed by atoms with E-state index in [-0.39, 0.29) is 46.4 Å². The second kappa shape index (κ2) is 6.39. The van der Waals surface area contributed by atoms with Gasteiger partial charge in [0, 0.05) is 16.7 Å². The van der Waals surface area contributed by atoms with Crippen molar-refractivity contribution in [2.45, 2.75) is 123 Å². The van der Waals surface area contributed by atoms with Crippen molar-refractivity contribution in [1.82, 2.24) is 0 Å². The van der Waals surface area contributed by atoms with Gasteiger partial charge in [-0.2, -0.15) is 0 Å². The van der Waals surface area contributed by atoms with E-state index in [0.717, 1.165) is 50.5 Å². The molecule has 14 atom stereocenters. The molecule has 7 fully saturated rings. The Morgan fingerprint density at radius 2 is 1.57 bits per heavy atom. The molecule has 5 heteroatoms. The molecule has 196 valence electrons. The van der Waals surface area contributed by atoms with Gasteiger partial charge in [-0.15, -0.1) is 0 Å². The number of rotatable bonds is 1. The Morgan fingerprint density at radius 3 is 2.26 bits per heavy atom. The predicted molar refractivity (Wildman–Crippen MR) is 132 cm³/mol. The Morgan fingerprint density at radius 1 is 0.886 bits per heavy atom. The van der Waals surface area contributed by atoms with Crippen LogP contribution in [0.3, 0.4) is 0 Å². The van der Waals surface area contributed by atoms with Crippen LogP contribution in [0, 0.1) is 50.7 Å². The Labute approximate surface area is 210 Å². The molecule has 2 bridgehead atoms. The maximum Gasteiger partial charge on any atom is 0.199 e. The predicted octanol–water partition coefficient (Wildman–Crippen LogP) is 4.43. The molecular weight excluding hydrogens is 440 g/mol. The van der Waals surface area contributed by atoms with E-state index in [1.54, 1.807) is 0 Å². The third kappa shape index (κ3) is 2.19. The third-order valence-electron chi connectivity index (χ3n) is 14.0. The average molecular weight is 487 g/mol. The monoisotopic (exact) mass is 486 g/mol. The van der Waals surface area contributed by atoms with Crippen molar-refractivity contribution in [3.63, 3.8) is 0 Å². The van der Waals surface area contributed by atoms with E-state index in [2.05, 4.69) is 41.2 Å². The van der Waals surface area contributed by atoms with Gasteiger partial charge in [-0.3, -0.25) is 0 Å². The molecule has 0 aromatic carbocycles. The van der Waals surface area contributed by atoms with Crippen LogP contribution >= 0.6 is 0 Å². The molecule has 2 saturated heterocycles. The van der Waals surface area contributed by atoms with E-state index in [1.165, 1.54) is 0 Å². The SMILES string of the molecule is C=C(C)C1OC23OC1CC(C)C2C1(C)C(O)CC24CC25CCC(O)C(C)(C)C5CCC4C1(C)C3O. The zero-order chi connectivity index (χ0) is 25.1. The van der Waals surface area contributed by atoms with Gasteiger partial charge in [0.25, 0.3) is 0 Å². The molecule has 35 heavy (non-hydrogen) atoms. The summed E-state index contributed by atoms with van der Waals surface area (Å²) in [6.07, 6.45) is 5.04. The van der Waals surface area contributed by atoms with Crippen LogP contribution in [0.2, 0.25) is 0 Å². The minimum absolute atomic E-state index is 0.0428. The summed E-state index contributed by atoms with van der Waals surface area (Å²) >= 11 is 0. The van der Waals surface area contributed by atoms with Crippen molar-refractivity contribution >= 4 is 0 Å². The van der Waals surface area contributed by atoms with Crippen LogP contribution in [-0.2, 0) is 9.47 Å². The zero-order valence-electron chi connectivity index (χ0n) is 22.5. The zero-order valence-corrected chi connectivity index (χ0v) is 22.5. The Kier molecular flexibility index (Phi) is 4.32. The van der Waals surface area contributed by atoms with Crippen molar-refractivity contribution in [2.75, 3.05) is 0 Å². The molecule has 0 aromatic heterocycles. The van der Waals surface area contributed by atoms with Gasteiger partial charge in [-0.25, -0.2) is 0 Å². The molecule has 3 N–H and O–H groups in total. The highest BCUT2D eigenvalue weighted by Gasteiger charge is 2.89.